The van der Waals surface area contributed by atoms with Crippen molar-refractivity contribution in [2.24, 2.45) is 0 Å². The number of fused-ring (bicyclic) bond motifs is 1. The molecule has 4 aromatic rings. The van der Waals surface area contributed by atoms with Crippen molar-refractivity contribution in [2.75, 3.05) is 19.5 Å². The molecule has 2 aromatic carbocycles. The molecule has 0 bridgehead atoms. The molecule has 0 unspecified atom stereocenters. The van der Waals surface area contributed by atoms with Gasteiger partial charge in [0.1, 0.15) is 18.1 Å². The quantitative estimate of drug-likeness (QED) is 0.493. The van der Waals surface area contributed by atoms with Crippen molar-refractivity contribution in [3.63, 3.8) is 0 Å². The van der Waals surface area contributed by atoms with E-state index in [4.69, 9.17) is 15.2 Å². The first-order chi connectivity index (χ1) is 14.5. The van der Waals surface area contributed by atoms with Crippen molar-refractivity contribution in [3.8, 4) is 22.6 Å². The molecule has 152 valence electrons. The van der Waals surface area contributed by atoms with Crippen molar-refractivity contribution in [2.45, 2.75) is 13.5 Å². The van der Waals surface area contributed by atoms with E-state index in [0.717, 1.165) is 44.8 Å². The molecule has 0 saturated carbocycles. The topological polar surface area (TPSA) is 79.4 Å². The molecular formula is C24H23N3O3. The Hall–Kier alpha value is -3.80. The number of nitrogens with two attached hydrogens (primary N) is 1. The summed E-state index contributed by atoms with van der Waals surface area (Å²) >= 11 is 0. The number of anilines is 1. The molecule has 0 fully saturated rings. The predicted octanol–water partition coefficient (Wildman–Crippen LogP) is 4.04. The molecule has 6 heteroatoms. The highest BCUT2D eigenvalue weighted by molar-refractivity contribution is 5.85. The van der Waals surface area contributed by atoms with Gasteiger partial charge in [-0.1, -0.05) is 12.1 Å². The van der Waals surface area contributed by atoms with Crippen LogP contribution in [0, 0.1) is 6.92 Å². The molecule has 2 N–H and O–H groups in total. The molecule has 0 aliphatic rings. The van der Waals surface area contributed by atoms with Crippen molar-refractivity contribution >= 4 is 16.6 Å². The van der Waals surface area contributed by atoms with E-state index in [0.29, 0.717) is 13.2 Å². The molecule has 0 aliphatic heterocycles. The minimum atomic E-state index is -0.0771. The minimum absolute atomic E-state index is 0.0771. The highest BCUT2D eigenvalue weighted by atomic mass is 16.5. The third-order valence-electron chi connectivity index (χ3n) is 5.10. The first-order valence-electron chi connectivity index (χ1n) is 9.68. The van der Waals surface area contributed by atoms with Crippen LogP contribution in [0.4, 0.5) is 5.69 Å². The normalized spacial score (nSPS) is 10.9. The second-order valence-electron chi connectivity index (χ2n) is 7.06. The molecule has 0 amide bonds. The number of aromatic nitrogens is 2. The first kappa shape index (κ1) is 19.5. The Labute approximate surface area is 174 Å². The SMILES string of the molecule is COc1ccc2c(OCCn3cc(-c4ccc(C)c(N)c4)ccc3=O)ccnc2c1. The second-order valence-corrected chi connectivity index (χ2v) is 7.06. The summed E-state index contributed by atoms with van der Waals surface area (Å²) in [5, 5.41) is 0.898. The Morgan fingerprint density at radius 1 is 1.03 bits per heavy atom. The van der Waals surface area contributed by atoms with Crippen molar-refractivity contribution < 1.29 is 9.47 Å². The number of benzene rings is 2. The highest BCUT2D eigenvalue weighted by Crippen LogP contribution is 2.27. The lowest BCUT2D eigenvalue weighted by atomic mass is 10.0. The smallest absolute Gasteiger partial charge is 0.250 e. The molecule has 0 atom stereocenters. The lowest BCUT2D eigenvalue weighted by molar-refractivity contribution is 0.299. The Kier molecular flexibility index (Phi) is 5.39. The zero-order valence-electron chi connectivity index (χ0n) is 17.0. The van der Waals surface area contributed by atoms with E-state index in [-0.39, 0.29) is 5.56 Å². The molecule has 2 heterocycles. The minimum Gasteiger partial charge on any atom is -0.497 e. The molecule has 6 nitrogen and oxygen atoms in total. The molecule has 0 saturated heterocycles. The largest absolute Gasteiger partial charge is 0.497 e. The fourth-order valence-electron chi connectivity index (χ4n) is 3.31. The van der Waals surface area contributed by atoms with E-state index in [1.807, 2.05) is 61.7 Å². The van der Waals surface area contributed by atoms with Crippen molar-refractivity contribution in [1.82, 2.24) is 9.55 Å². The van der Waals surface area contributed by atoms with Crippen LogP contribution in [0.2, 0.25) is 0 Å². The monoisotopic (exact) mass is 401 g/mol. The zero-order valence-corrected chi connectivity index (χ0v) is 17.0. The van der Waals surface area contributed by atoms with Gasteiger partial charge in [-0.3, -0.25) is 9.78 Å². The zero-order chi connectivity index (χ0) is 21.1. The van der Waals surface area contributed by atoms with Gasteiger partial charge in [-0.15, -0.1) is 0 Å². The summed E-state index contributed by atoms with van der Waals surface area (Å²) < 4.78 is 12.9. The maximum absolute atomic E-state index is 12.3. The molecule has 0 aliphatic carbocycles. The molecular weight excluding hydrogens is 378 g/mol. The van der Waals surface area contributed by atoms with Gasteiger partial charge in [-0.05, 0) is 53.9 Å². The lowest BCUT2D eigenvalue weighted by Gasteiger charge is -2.12. The van der Waals surface area contributed by atoms with E-state index < -0.39 is 0 Å². The lowest BCUT2D eigenvalue weighted by Crippen LogP contribution is -2.22. The summed E-state index contributed by atoms with van der Waals surface area (Å²) in [6.07, 6.45) is 3.54. The average Bonchev–Trinajstić information content (AvgIpc) is 2.76. The van der Waals surface area contributed by atoms with Crippen LogP contribution in [0.15, 0.2) is 71.8 Å². The van der Waals surface area contributed by atoms with Gasteiger partial charge in [0.25, 0.3) is 5.56 Å². The number of nitrogens with zero attached hydrogens (tertiary/aromatic N) is 2. The van der Waals surface area contributed by atoms with Crippen LogP contribution in [-0.4, -0.2) is 23.3 Å². The van der Waals surface area contributed by atoms with Gasteiger partial charge in [-0.25, -0.2) is 0 Å². The Morgan fingerprint density at radius 2 is 1.87 bits per heavy atom. The summed E-state index contributed by atoms with van der Waals surface area (Å²) in [5.41, 5.74) is 10.4. The fourth-order valence-corrected chi connectivity index (χ4v) is 3.31. The Balaban J connectivity index is 1.52. The summed E-state index contributed by atoms with van der Waals surface area (Å²) in [6, 6.07) is 16.8. The number of rotatable bonds is 6. The maximum Gasteiger partial charge on any atom is 0.250 e. The number of methoxy groups -OCH3 is 1. The number of hydrogen-bond acceptors (Lipinski definition) is 5. The molecule has 0 radical (unpaired) electrons. The van der Waals surface area contributed by atoms with E-state index in [1.165, 1.54) is 0 Å². The van der Waals surface area contributed by atoms with Gasteiger partial charge in [0, 0.05) is 35.6 Å². The summed E-state index contributed by atoms with van der Waals surface area (Å²) in [5.74, 6) is 1.46. The maximum atomic E-state index is 12.3. The van der Waals surface area contributed by atoms with Gasteiger partial charge in [-0.2, -0.15) is 0 Å². The van der Waals surface area contributed by atoms with Crippen LogP contribution < -0.4 is 20.8 Å². The molecule has 30 heavy (non-hydrogen) atoms. The van der Waals surface area contributed by atoms with Crippen LogP contribution >= 0.6 is 0 Å². The van der Waals surface area contributed by atoms with Gasteiger partial charge in [0.2, 0.25) is 0 Å². The Morgan fingerprint density at radius 3 is 2.67 bits per heavy atom. The van der Waals surface area contributed by atoms with Gasteiger partial charge in [0.15, 0.2) is 0 Å². The van der Waals surface area contributed by atoms with Crippen molar-refractivity contribution in [3.05, 3.63) is 82.9 Å². The van der Waals surface area contributed by atoms with Gasteiger partial charge in [0.05, 0.1) is 19.2 Å². The van der Waals surface area contributed by atoms with Gasteiger partial charge < -0.3 is 19.8 Å². The predicted molar refractivity (Wildman–Crippen MR) is 119 cm³/mol. The van der Waals surface area contributed by atoms with Gasteiger partial charge >= 0.3 is 0 Å². The molecule has 0 spiro atoms. The molecule has 4 rings (SSSR count). The van der Waals surface area contributed by atoms with Crippen LogP contribution in [-0.2, 0) is 6.54 Å². The van der Waals surface area contributed by atoms with Crippen LogP contribution in [0.5, 0.6) is 11.5 Å². The van der Waals surface area contributed by atoms with E-state index >= 15 is 0 Å². The third kappa shape index (κ3) is 3.98. The second kappa shape index (κ2) is 8.29. The van der Waals surface area contributed by atoms with E-state index in [1.54, 1.807) is 23.9 Å². The number of aryl methyl sites for hydroxylation is 1. The number of pyridine rings is 2. The fraction of sp³-hybridized carbons (Fsp3) is 0.167. The number of ether oxygens (including phenoxy) is 2. The van der Waals surface area contributed by atoms with E-state index in [9.17, 15) is 4.79 Å². The average molecular weight is 401 g/mol. The summed E-state index contributed by atoms with van der Waals surface area (Å²) in [6.45, 7) is 2.74. The third-order valence-corrected chi connectivity index (χ3v) is 5.10. The summed E-state index contributed by atoms with van der Waals surface area (Å²) in [7, 11) is 1.62. The van der Waals surface area contributed by atoms with Crippen molar-refractivity contribution in [1.29, 1.82) is 0 Å². The van der Waals surface area contributed by atoms with E-state index in [2.05, 4.69) is 4.98 Å². The standard InChI is InChI=1S/C24H23N3O3/c1-16-3-4-17(13-21(16)25)18-5-8-24(28)27(15-18)11-12-30-23-9-10-26-22-14-19(29-2)6-7-20(22)23/h3-10,13-15H,11-12,25H2,1-2H3. The van der Waals surface area contributed by atoms with Crippen LogP contribution in [0.1, 0.15) is 5.56 Å². The Bertz CT molecular complexity index is 1260. The number of hydrogen-bond donors (Lipinski definition) is 1. The molecule has 2 aromatic heterocycles. The summed E-state index contributed by atoms with van der Waals surface area (Å²) in [4.78, 5) is 16.7. The number of nitrogen functional groups attached to an aromatic ring is 1. The van der Waals surface area contributed by atoms with Crippen LogP contribution in [0.25, 0.3) is 22.0 Å². The first-order valence-corrected chi connectivity index (χ1v) is 9.68. The highest BCUT2D eigenvalue weighted by Gasteiger charge is 2.07. The van der Waals surface area contributed by atoms with Crippen LogP contribution in [0.3, 0.4) is 0 Å².